The summed E-state index contributed by atoms with van der Waals surface area (Å²) in [5, 5.41) is 0. The summed E-state index contributed by atoms with van der Waals surface area (Å²) in [7, 11) is 0. The molecule has 5 heteroatoms. The monoisotopic (exact) mass is 344 g/mol. The maximum Gasteiger partial charge on any atom is 0.223 e. The molecule has 2 N–H and O–H groups in total. The molecule has 0 saturated heterocycles. The highest BCUT2D eigenvalue weighted by molar-refractivity contribution is 5.77. The molecule has 0 aromatic heterocycles. The molecule has 1 saturated carbocycles. The van der Waals surface area contributed by atoms with Crippen molar-refractivity contribution in [3.63, 3.8) is 0 Å². The Balaban J connectivity index is 1.75. The normalized spacial score (nSPS) is 23.6. The average molecular weight is 344 g/mol. The highest BCUT2D eigenvalue weighted by atomic mass is 16.6. The molecule has 1 aromatic rings. The number of fused-ring (bicyclic) bond motifs is 3. The van der Waals surface area contributed by atoms with E-state index in [0.717, 1.165) is 37.3 Å². The van der Waals surface area contributed by atoms with Gasteiger partial charge in [-0.05, 0) is 56.0 Å². The summed E-state index contributed by atoms with van der Waals surface area (Å²) in [5.74, 6) is 1.91. The lowest BCUT2D eigenvalue weighted by molar-refractivity contribution is -0.135. The second-order valence-electron chi connectivity index (χ2n) is 7.66. The fraction of sp³-hybridized carbons (Fsp3) is 0.650. The van der Waals surface area contributed by atoms with Crippen molar-refractivity contribution in [2.75, 3.05) is 26.3 Å². The molecule has 5 nitrogen and oxygen atoms in total. The number of nitrogens with two attached hydrogens (primary N) is 1. The van der Waals surface area contributed by atoms with Crippen molar-refractivity contribution in [3.8, 4) is 11.5 Å². The number of hydrogen-bond donors (Lipinski definition) is 1. The van der Waals surface area contributed by atoms with Gasteiger partial charge in [-0.25, -0.2) is 0 Å². The van der Waals surface area contributed by atoms with E-state index in [4.69, 9.17) is 15.2 Å². The van der Waals surface area contributed by atoms with Gasteiger partial charge in [-0.3, -0.25) is 4.79 Å². The summed E-state index contributed by atoms with van der Waals surface area (Å²) in [6, 6.07) is 4.40. The molecule has 1 amide bonds. The molecular weight excluding hydrogens is 316 g/mol. The first kappa shape index (κ1) is 16.7. The van der Waals surface area contributed by atoms with E-state index in [0.29, 0.717) is 26.2 Å². The molecule has 1 aromatic carbocycles. The Hall–Kier alpha value is -1.75. The van der Waals surface area contributed by atoms with Crippen LogP contribution in [-0.4, -0.2) is 37.1 Å². The van der Waals surface area contributed by atoms with Crippen LogP contribution in [0.1, 0.15) is 62.6 Å². The molecule has 1 spiro atoms. The van der Waals surface area contributed by atoms with Gasteiger partial charge < -0.3 is 20.1 Å². The third-order valence-corrected chi connectivity index (χ3v) is 6.15. The standard InChI is InChI=1S/C20H28N2O3/c1-14-15-11-17-18(25-10-9-24-17)12-16(15)20(6-2-3-7-20)13-22(14)19(23)5-4-8-21/h11-12,14H,2-10,13,21H2,1H3. The van der Waals surface area contributed by atoms with E-state index >= 15 is 0 Å². The number of amides is 1. The third kappa shape index (κ3) is 2.78. The maximum atomic E-state index is 12.8. The maximum absolute atomic E-state index is 12.8. The van der Waals surface area contributed by atoms with Crippen LogP contribution in [0, 0.1) is 0 Å². The second-order valence-corrected chi connectivity index (χ2v) is 7.66. The van der Waals surface area contributed by atoms with Gasteiger partial charge in [-0.15, -0.1) is 0 Å². The Morgan fingerprint density at radius 2 is 1.92 bits per heavy atom. The lowest BCUT2D eigenvalue weighted by atomic mass is 9.71. The van der Waals surface area contributed by atoms with Crippen LogP contribution in [0.5, 0.6) is 11.5 Å². The highest BCUT2D eigenvalue weighted by Crippen LogP contribution is 2.51. The van der Waals surface area contributed by atoms with Gasteiger partial charge in [0, 0.05) is 18.4 Å². The summed E-state index contributed by atoms with van der Waals surface area (Å²) >= 11 is 0. The van der Waals surface area contributed by atoms with Gasteiger partial charge in [0.05, 0.1) is 6.04 Å². The first-order valence-electron chi connectivity index (χ1n) is 9.58. The van der Waals surface area contributed by atoms with Gasteiger partial charge in [-0.2, -0.15) is 0 Å². The molecule has 0 radical (unpaired) electrons. The largest absolute Gasteiger partial charge is 0.486 e. The van der Waals surface area contributed by atoms with Crippen LogP contribution in [0.4, 0.5) is 0 Å². The molecule has 1 atom stereocenters. The fourth-order valence-corrected chi connectivity index (χ4v) is 4.81. The second kappa shape index (κ2) is 6.52. The van der Waals surface area contributed by atoms with Crippen molar-refractivity contribution in [1.29, 1.82) is 0 Å². The van der Waals surface area contributed by atoms with E-state index in [2.05, 4.69) is 24.0 Å². The molecule has 4 rings (SSSR count). The smallest absolute Gasteiger partial charge is 0.223 e. The fourth-order valence-electron chi connectivity index (χ4n) is 4.81. The molecule has 3 aliphatic rings. The first-order valence-corrected chi connectivity index (χ1v) is 9.58. The number of carbonyl (C=O) groups excluding carboxylic acids is 1. The topological polar surface area (TPSA) is 64.8 Å². The molecule has 25 heavy (non-hydrogen) atoms. The minimum atomic E-state index is 0.0716. The SMILES string of the molecule is CC1c2cc3c(cc2C2(CCCC2)CN1C(=O)CCCN)OCCO3. The van der Waals surface area contributed by atoms with Crippen molar-refractivity contribution < 1.29 is 14.3 Å². The Morgan fingerprint density at radius 1 is 1.24 bits per heavy atom. The predicted octanol–water partition coefficient (Wildman–Crippen LogP) is 2.91. The van der Waals surface area contributed by atoms with Crippen molar-refractivity contribution in [1.82, 2.24) is 4.90 Å². The van der Waals surface area contributed by atoms with E-state index in [9.17, 15) is 4.79 Å². The van der Waals surface area contributed by atoms with Crippen LogP contribution in [-0.2, 0) is 10.2 Å². The van der Waals surface area contributed by atoms with Crippen LogP contribution in [0.3, 0.4) is 0 Å². The van der Waals surface area contributed by atoms with Gasteiger partial charge in [0.1, 0.15) is 13.2 Å². The van der Waals surface area contributed by atoms with Crippen molar-refractivity contribution in [2.45, 2.75) is 56.9 Å². The lowest BCUT2D eigenvalue weighted by Gasteiger charge is -2.46. The third-order valence-electron chi connectivity index (χ3n) is 6.15. The van der Waals surface area contributed by atoms with Crippen molar-refractivity contribution in [2.24, 2.45) is 5.73 Å². The van der Waals surface area contributed by atoms with Crippen LogP contribution < -0.4 is 15.2 Å². The summed E-state index contributed by atoms with van der Waals surface area (Å²) in [4.78, 5) is 14.9. The van der Waals surface area contributed by atoms with Crippen molar-refractivity contribution >= 4 is 5.91 Å². The molecule has 1 aliphatic carbocycles. The zero-order chi connectivity index (χ0) is 17.4. The Bertz CT molecular complexity index is 667. The Labute approximate surface area is 149 Å². The van der Waals surface area contributed by atoms with E-state index in [1.54, 1.807) is 0 Å². The van der Waals surface area contributed by atoms with Crippen molar-refractivity contribution in [3.05, 3.63) is 23.3 Å². The minimum absolute atomic E-state index is 0.0716. The summed E-state index contributed by atoms with van der Waals surface area (Å²) in [6.45, 7) is 4.72. The zero-order valence-electron chi connectivity index (χ0n) is 15.1. The quantitative estimate of drug-likeness (QED) is 0.916. The zero-order valence-corrected chi connectivity index (χ0v) is 15.1. The predicted molar refractivity (Wildman–Crippen MR) is 96.0 cm³/mol. The molecule has 136 valence electrons. The van der Waals surface area contributed by atoms with Crippen LogP contribution in [0.15, 0.2) is 12.1 Å². The van der Waals surface area contributed by atoms with E-state index < -0.39 is 0 Å². The van der Waals surface area contributed by atoms with Crippen LogP contribution in [0.25, 0.3) is 0 Å². The number of benzene rings is 1. The molecule has 1 fully saturated rings. The van der Waals surface area contributed by atoms with Crippen LogP contribution >= 0.6 is 0 Å². The van der Waals surface area contributed by atoms with Gasteiger partial charge in [-0.1, -0.05) is 12.8 Å². The van der Waals surface area contributed by atoms with Gasteiger partial charge in [0.15, 0.2) is 11.5 Å². The van der Waals surface area contributed by atoms with E-state index in [-0.39, 0.29) is 17.4 Å². The summed E-state index contributed by atoms with van der Waals surface area (Å²) in [5.41, 5.74) is 8.30. The Morgan fingerprint density at radius 3 is 2.60 bits per heavy atom. The number of hydrogen-bond acceptors (Lipinski definition) is 4. The van der Waals surface area contributed by atoms with Crippen LogP contribution in [0.2, 0.25) is 0 Å². The highest BCUT2D eigenvalue weighted by Gasteiger charge is 2.46. The number of rotatable bonds is 3. The number of ether oxygens (including phenoxy) is 2. The molecule has 2 aliphatic heterocycles. The Kier molecular flexibility index (Phi) is 4.36. The van der Waals surface area contributed by atoms with E-state index in [1.807, 2.05) is 0 Å². The van der Waals surface area contributed by atoms with Gasteiger partial charge >= 0.3 is 0 Å². The molecule has 0 bridgehead atoms. The van der Waals surface area contributed by atoms with Gasteiger partial charge in [0.2, 0.25) is 5.91 Å². The number of nitrogens with zero attached hydrogens (tertiary/aromatic N) is 1. The number of carbonyl (C=O) groups is 1. The average Bonchev–Trinajstić information content (AvgIpc) is 3.11. The molecular formula is C20H28N2O3. The summed E-state index contributed by atoms with van der Waals surface area (Å²) < 4.78 is 11.6. The molecule has 1 unspecified atom stereocenters. The lowest BCUT2D eigenvalue weighted by Crippen LogP contribution is -2.48. The first-order chi connectivity index (χ1) is 12.1. The summed E-state index contributed by atoms with van der Waals surface area (Å²) in [6.07, 6.45) is 6.04. The van der Waals surface area contributed by atoms with Gasteiger partial charge in [0.25, 0.3) is 0 Å². The van der Waals surface area contributed by atoms with E-state index in [1.165, 1.54) is 24.0 Å². The molecule has 2 heterocycles. The minimum Gasteiger partial charge on any atom is -0.486 e.